The molecule has 5 N–H and O–H groups in total. The number of aromatic hydroxyl groups is 1. The van der Waals surface area contributed by atoms with E-state index in [-0.39, 0.29) is 55.1 Å². The predicted octanol–water partition coefficient (Wildman–Crippen LogP) is 5.05. The number of carbonyl (C=O) groups excluding carboxylic acids is 2. The number of phenolic OH excluding ortho intramolecular Hbond substituents is 1. The highest BCUT2D eigenvalue weighted by Crippen LogP contribution is 2.60. The summed E-state index contributed by atoms with van der Waals surface area (Å²) in [5.41, 5.74) is 1.70. The standard InChI is InChI=1S/C39H60N4O8/c1-5-18-43(37(48)40-17-11-20-42-19-10-14-34(42)47)33-25-31(41-51-38(2,3)4)29-23-26(12-6-8-21-44)28(13-7-9-22-45)35-30-24-27(46)15-16-32(30)50-39(33,49)36(29)35/h15-16,23-24,26,28,33,35-36,44-46,49H,5-14,17-22,25H2,1-4H3,(H,40,48). The van der Waals surface area contributed by atoms with Gasteiger partial charge in [-0.2, -0.15) is 0 Å². The van der Waals surface area contributed by atoms with E-state index in [9.17, 15) is 30.0 Å². The molecule has 1 saturated heterocycles. The summed E-state index contributed by atoms with van der Waals surface area (Å²) in [6.45, 7) is 10.0. The van der Waals surface area contributed by atoms with E-state index in [0.29, 0.717) is 63.2 Å². The molecular formula is C39H60N4O8. The van der Waals surface area contributed by atoms with E-state index in [1.165, 1.54) is 0 Å². The number of rotatable bonds is 16. The van der Waals surface area contributed by atoms with Crippen LogP contribution >= 0.6 is 0 Å². The van der Waals surface area contributed by atoms with Gasteiger partial charge in [-0.25, -0.2) is 4.79 Å². The van der Waals surface area contributed by atoms with Crippen LogP contribution in [0, 0.1) is 17.8 Å². The van der Waals surface area contributed by atoms with Crippen LogP contribution in [0.25, 0.3) is 0 Å². The number of nitrogens with zero attached hydrogens (tertiary/aromatic N) is 3. The fourth-order valence-electron chi connectivity index (χ4n) is 8.62. The number of likely N-dealkylation sites (tertiary alicyclic amines) is 1. The highest BCUT2D eigenvalue weighted by atomic mass is 16.6. The number of amides is 3. The van der Waals surface area contributed by atoms with Gasteiger partial charge in [-0.1, -0.05) is 31.0 Å². The minimum absolute atomic E-state index is 0.0188. The highest BCUT2D eigenvalue weighted by molar-refractivity contribution is 6.03. The quantitative estimate of drug-likeness (QED) is 0.117. The molecule has 0 spiro atoms. The molecule has 0 bridgehead atoms. The van der Waals surface area contributed by atoms with Gasteiger partial charge in [0.1, 0.15) is 23.1 Å². The van der Waals surface area contributed by atoms with Gasteiger partial charge in [0.2, 0.25) is 11.7 Å². The lowest BCUT2D eigenvalue weighted by Crippen LogP contribution is -2.69. The minimum Gasteiger partial charge on any atom is -0.508 e. The Morgan fingerprint density at radius 3 is 2.55 bits per heavy atom. The largest absolute Gasteiger partial charge is 0.508 e. The van der Waals surface area contributed by atoms with Gasteiger partial charge in [0.15, 0.2) is 0 Å². The second-order valence-electron chi connectivity index (χ2n) is 15.7. The summed E-state index contributed by atoms with van der Waals surface area (Å²) >= 11 is 0. The van der Waals surface area contributed by atoms with Gasteiger partial charge in [0.05, 0.1) is 11.6 Å². The third kappa shape index (κ3) is 8.83. The Hall–Kier alpha value is -3.35. The van der Waals surface area contributed by atoms with Crippen LogP contribution in [-0.4, -0.2) is 105 Å². The van der Waals surface area contributed by atoms with Crippen molar-refractivity contribution in [1.29, 1.82) is 0 Å². The minimum atomic E-state index is -1.83. The Bertz CT molecular complexity index is 1430. The van der Waals surface area contributed by atoms with Crippen LogP contribution in [0.1, 0.15) is 110 Å². The van der Waals surface area contributed by atoms with Gasteiger partial charge < -0.3 is 45.1 Å². The van der Waals surface area contributed by atoms with Crippen molar-refractivity contribution in [1.82, 2.24) is 15.1 Å². The van der Waals surface area contributed by atoms with E-state index in [2.05, 4.69) is 11.4 Å². The molecule has 0 radical (unpaired) electrons. The summed E-state index contributed by atoms with van der Waals surface area (Å²) in [5.74, 6) is -1.94. The summed E-state index contributed by atoms with van der Waals surface area (Å²) in [4.78, 5) is 35.8. The first-order valence-electron chi connectivity index (χ1n) is 19.2. The number of fused-ring (bicyclic) bond motifs is 2. The van der Waals surface area contributed by atoms with Crippen LogP contribution in [0.3, 0.4) is 0 Å². The molecule has 1 saturated carbocycles. The van der Waals surface area contributed by atoms with Gasteiger partial charge >= 0.3 is 6.03 Å². The summed E-state index contributed by atoms with van der Waals surface area (Å²) in [6, 6.07) is 3.86. The van der Waals surface area contributed by atoms with Crippen molar-refractivity contribution in [3.05, 3.63) is 35.4 Å². The zero-order valence-corrected chi connectivity index (χ0v) is 31.0. The fourth-order valence-corrected chi connectivity index (χ4v) is 8.62. The lowest BCUT2D eigenvalue weighted by Gasteiger charge is -2.58. The normalized spacial score (nSPS) is 27.8. The van der Waals surface area contributed by atoms with Gasteiger partial charge in [-0.15, -0.1) is 0 Å². The van der Waals surface area contributed by atoms with Gasteiger partial charge in [-0.3, -0.25) is 4.79 Å². The third-order valence-corrected chi connectivity index (χ3v) is 10.8. The van der Waals surface area contributed by atoms with Gasteiger partial charge in [0.25, 0.3) is 0 Å². The number of aliphatic hydroxyl groups excluding tert-OH is 2. The molecule has 1 aromatic carbocycles. The zero-order chi connectivity index (χ0) is 36.8. The number of hydrogen-bond donors (Lipinski definition) is 5. The predicted molar refractivity (Wildman–Crippen MR) is 194 cm³/mol. The molecule has 6 atom stereocenters. The number of aliphatic hydroxyl groups is 3. The monoisotopic (exact) mass is 712 g/mol. The van der Waals surface area contributed by atoms with Crippen LogP contribution in [0.2, 0.25) is 0 Å². The number of hydrogen-bond acceptors (Lipinski definition) is 9. The lowest BCUT2D eigenvalue weighted by atomic mass is 9.55. The summed E-state index contributed by atoms with van der Waals surface area (Å²) in [7, 11) is 0. The molecule has 2 aliphatic carbocycles. The molecule has 2 fully saturated rings. The van der Waals surface area contributed by atoms with Gasteiger partial charge in [0, 0.05) is 63.7 Å². The smallest absolute Gasteiger partial charge is 0.317 e. The van der Waals surface area contributed by atoms with Crippen molar-refractivity contribution in [3.8, 4) is 11.5 Å². The van der Waals surface area contributed by atoms with Crippen molar-refractivity contribution in [2.45, 2.75) is 122 Å². The van der Waals surface area contributed by atoms with Crippen LogP contribution < -0.4 is 10.1 Å². The molecule has 4 aliphatic rings. The molecule has 1 aromatic rings. The van der Waals surface area contributed by atoms with Crippen molar-refractivity contribution in [2.24, 2.45) is 22.9 Å². The second kappa shape index (κ2) is 17.0. The first-order chi connectivity index (χ1) is 24.4. The van der Waals surface area contributed by atoms with E-state index in [4.69, 9.17) is 14.7 Å². The number of urea groups is 1. The number of unbranched alkanes of at least 4 members (excludes halogenated alkanes) is 2. The number of benzene rings is 1. The van der Waals surface area contributed by atoms with E-state index in [1.54, 1.807) is 23.1 Å². The SMILES string of the molecule is CCCN(C(=O)NCCCN1CCCC1=O)C1CC(=NOC(C)(C)C)C2=CC(CCCCO)C(CCCCO)C3c4cc(O)ccc4OC1(O)C23. The molecule has 2 aliphatic heterocycles. The fraction of sp³-hybridized carbons (Fsp3) is 0.718. The molecule has 2 heterocycles. The molecule has 284 valence electrons. The number of phenols is 1. The van der Waals surface area contributed by atoms with Crippen molar-refractivity contribution in [3.63, 3.8) is 0 Å². The summed E-state index contributed by atoms with van der Waals surface area (Å²) in [5, 5.41) is 51.1. The van der Waals surface area contributed by atoms with Crippen LogP contribution in [0.5, 0.6) is 11.5 Å². The van der Waals surface area contributed by atoms with E-state index < -0.39 is 23.3 Å². The highest BCUT2D eigenvalue weighted by Gasteiger charge is 2.64. The maximum atomic E-state index is 14.1. The second-order valence-corrected chi connectivity index (χ2v) is 15.7. The van der Waals surface area contributed by atoms with E-state index in [1.807, 2.05) is 32.6 Å². The number of oxime groups is 1. The number of carbonyl (C=O) groups is 2. The maximum absolute atomic E-state index is 14.1. The van der Waals surface area contributed by atoms with Crippen LogP contribution in [0.15, 0.2) is 35.0 Å². The molecule has 51 heavy (non-hydrogen) atoms. The topological polar surface area (TPSA) is 164 Å². The lowest BCUT2D eigenvalue weighted by molar-refractivity contribution is -0.228. The van der Waals surface area contributed by atoms with Crippen LogP contribution in [0.4, 0.5) is 4.79 Å². The zero-order valence-electron chi connectivity index (χ0n) is 31.0. The average Bonchev–Trinajstić information content (AvgIpc) is 3.50. The molecule has 0 aromatic heterocycles. The summed E-state index contributed by atoms with van der Waals surface area (Å²) < 4.78 is 6.68. The molecule has 12 nitrogen and oxygen atoms in total. The van der Waals surface area contributed by atoms with E-state index >= 15 is 0 Å². The molecular weight excluding hydrogens is 652 g/mol. The van der Waals surface area contributed by atoms with Crippen molar-refractivity contribution in [2.75, 3.05) is 39.4 Å². The Morgan fingerprint density at radius 1 is 1.14 bits per heavy atom. The Morgan fingerprint density at radius 2 is 1.88 bits per heavy atom. The molecule has 6 unspecified atom stereocenters. The van der Waals surface area contributed by atoms with Crippen molar-refractivity contribution >= 4 is 17.6 Å². The number of ether oxygens (including phenoxy) is 1. The number of allylic oxidation sites excluding steroid dienone is 1. The van der Waals surface area contributed by atoms with E-state index in [0.717, 1.165) is 49.8 Å². The van der Waals surface area contributed by atoms with Crippen LogP contribution in [-0.2, 0) is 9.63 Å². The molecule has 5 rings (SSSR count). The third-order valence-electron chi connectivity index (χ3n) is 10.8. The Balaban J connectivity index is 1.58. The average molecular weight is 713 g/mol. The number of nitrogens with one attached hydrogen (secondary N) is 1. The Kier molecular flexibility index (Phi) is 12.9. The molecule has 12 heteroatoms. The van der Waals surface area contributed by atoms with Gasteiger partial charge in [-0.05, 0) is 101 Å². The first-order valence-corrected chi connectivity index (χ1v) is 19.2. The first kappa shape index (κ1) is 38.9. The molecule has 3 amide bonds. The van der Waals surface area contributed by atoms with Crippen molar-refractivity contribution < 1.29 is 39.6 Å². The maximum Gasteiger partial charge on any atom is 0.317 e. The Labute approximate surface area is 302 Å². The summed E-state index contributed by atoms with van der Waals surface area (Å²) in [6.07, 6.45) is 9.63.